The van der Waals surface area contributed by atoms with Crippen molar-refractivity contribution in [3.8, 4) is 0 Å². The highest BCUT2D eigenvalue weighted by atomic mass is 79.9. The fourth-order valence-corrected chi connectivity index (χ4v) is 1.64. The molecular weight excluding hydrogens is 272 g/mol. The maximum Gasteiger partial charge on any atom is 0.0597 e. The van der Waals surface area contributed by atoms with E-state index >= 15 is 0 Å². The second kappa shape index (κ2) is 3.65. The number of aromatic nitrogens is 1. The van der Waals surface area contributed by atoms with Crippen LogP contribution in [0.4, 0.5) is 0 Å². The number of pyridine rings is 1. The Morgan fingerprint density at radius 3 is 3.00 bits per heavy atom. The average Bonchev–Trinajstić information content (AvgIpc) is 2.36. The van der Waals surface area contributed by atoms with Gasteiger partial charge in [-0.15, -0.1) is 17.0 Å². The van der Waals surface area contributed by atoms with Crippen LogP contribution in [0.3, 0.4) is 0 Å². The van der Waals surface area contributed by atoms with E-state index in [0.29, 0.717) is 0 Å². The molecule has 1 aromatic heterocycles. The zero-order chi connectivity index (χ0) is 6.97. The van der Waals surface area contributed by atoms with Gasteiger partial charge in [0.2, 0.25) is 0 Å². The maximum atomic E-state index is 4.23. The van der Waals surface area contributed by atoms with Gasteiger partial charge in [-0.2, -0.15) is 0 Å². The van der Waals surface area contributed by atoms with Crippen molar-refractivity contribution in [1.82, 2.24) is 10.3 Å². The predicted octanol–water partition coefficient (Wildman–Crippen LogP) is 2.03. The summed E-state index contributed by atoms with van der Waals surface area (Å²) >= 11 is 3.47. The summed E-state index contributed by atoms with van der Waals surface area (Å²) in [6.07, 6.45) is 1.83. The molecule has 0 bridgehead atoms. The molecule has 0 spiro atoms. The van der Waals surface area contributed by atoms with Gasteiger partial charge in [-0.05, 0) is 6.07 Å². The zero-order valence-electron chi connectivity index (χ0n) is 5.80. The second-order valence-electron chi connectivity index (χ2n) is 2.32. The summed E-state index contributed by atoms with van der Waals surface area (Å²) in [6.45, 7) is 1.86. The van der Waals surface area contributed by atoms with Crippen LogP contribution in [0.15, 0.2) is 16.7 Å². The van der Waals surface area contributed by atoms with E-state index in [4.69, 9.17) is 0 Å². The molecule has 4 heteroatoms. The Morgan fingerprint density at radius 2 is 2.27 bits per heavy atom. The van der Waals surface area contributed by atoms with Gasteiger partial charge >= 0.3 is 0 Å². The highest BCUT2D eigenvalue weighted by Crippen LogP contribution is 2.21. The fourth-order valence-electron chi connectivity index (χ4n) is 1.15. The second-order valence-corrected chi connectivity index (χ2v) is 3.18. The molecule has 2 rings (SSSR count). The Kier molecular flexibility index (Phi) is 3.04. The molecule has 0 saturated heterocycles. The first-order chi connectivity index (χ1) is 4.88. The van der Waals surface area contributed by atoms with Crippen molar-refractivity contribution in [2.24, 2.45) is 0 Å². The quantitative estimate of drug-likeness (QED) is 0.786. The molecule has 2 heterocycles. The molecule has 1 aliphatic heterocycles. The van der Waals surface area contributed by atoms with Gasteiger partial charge in [0.1, 0.15) is 0 Å². The van der Waals surface area contributed by atoms with Gasteiger partial charge < -0.3 is 5.32 Å². The number of rotatable bonds is 0. The molecule has 0 aromatic carbocycles. The Balaban J connectivity index is 0.000000605. The molecule has 0 atom stereocenters. The third-order valence-corrected chi connectivity index (χ3v) is 2.43. The minimum absolute atomic E-state index is 0. The van der Waals surface area contributed by atoms with Crippen molar-refractivity contribution in [2.45, 2.75) is 13.1 Å². The molecule has 2 nitrogen and oxygen atoms in total. The molecule has 0 aliphatic carbocycles. The van der Waals surface area contributed by atoms with E-state index in [1.807, 2.05) is 12.3 Å². The zero-order valence-corrected chi connectivity index (χ0v) is 9.10. The van der Waals surface area contributed by atoms with Gasteiger partial charge in [0.05, 0.1) is 5.69 Å². The molecule has 0 saturated carbocycles. The van der Waals surface area contributed by atoms with E-state index in [1.54, 1.807) is 0 Å². The molecule has 0 fully saturated rings. The first-order valence-corrected chi connectivity index (χ1v) is 4.00. The van der Waals surface area contributed by atoms with E-state index in [2.05, 4.69) is 26.2 Å². The van der Waals surface area contributed by atoms with Crippen LogP contribution in [0.5, 0.6) is 0 Å². The Bertz CT molecular complexity index is 263. The Hall–Kier alpha value is 0.0700. The highest BCUT2D eigenvalue weighted by Gasteiger charge is 2.12. The molecule has 0 unspecified atom stereocenters. The number of hydrogen-bond acceptors (Lipinski definition) is 2. The first kappa shape index (κ1) is 9.16. The Labute approximate surface area is 84.3 Å². The molecule has 0 radical (unpaired) electrons. The van der Waals surface area contributed by atoms with Crippen LogP contribution in [-0.4, -0.2) is 4.98 Å². The summed E-state index contributed by atoms with van der Waals surface area (Å²) in [5.74, 6) is 0. The van der Waals surface area contributed by atoms with Crippen LogP contribution in [-0.2, 0) is 13.1 Å². The number of fused-ring (bicyclic) bond motifs is 1. The van der Waals surface area contributed by atoms with Crippen molar-refractivity contribution >= 4 is 32.9 Å². The maximum absolute atomic E-state index is 4.23. The van der Waals surface area contributed by atoms with Crippen molar-refractivity contribution in [3.05, 3.63) is 28.0 Å². The lowest BCUT2D eigenvalue weighted by Crippen LogP contribution is -2.00. The Morgan fingerprint density at radius 1 is 1.45 bits per heavy atom. The smallest absolute Gasteiger partial charge is 0.0597 e. The van der Waals surface area contributed by atoms with Gasteiger partial charge in [0, 0.05) is 29.3 Å². The van der Waals surface area contributed by atoms with Crippen molar-refractivity contribution in [3.63, 3.8) is 0 Å². The SMILES string of the molecule is Br.Brc1ccnc2c1CNC2. The molecular formula is C7H8Br2N2. The molecule has 0 amide bonds. The average molecular weight is 280 g/mol. The summed E-state index contributed by atoms with van der Waals surface area (Å²) in [7, 11) is 0. The summed E-state index contributed by atoms with van der Waals surface area (Å²) < 4.78 is 1.17. The van der Waals surface area contributed by atoms with Crippen LogP contribution in [0.2, 0.25) is 0 Å². The van der Waals surface area contributed by atoms with Crippen molar-refractivity contribution in [1.29, 1.82) is 0 Å². The van der Waals surface area contributed by atoms with E-state index < -0.39 is 0 Å². The standard InChI is InChI=1S/C7H7BrN2.BrH/c8-6-1-2-10-7-4-9-3-5(6)7;/h1-2,9H,3-4H2;1H. The van der Waals surface area contributed by atoms with Crippen LogP contribution in [0, 0.1) is 0 Å². The van der Waals surface area contributed by atoms with Crippen LogP contribution >= 0.6 is 32.9 Å². The van der Waals surface area contributed by atoms with Crippen LogP contribution in [0.25, 0.3) is 0 Å². The topological polar surface area (TPSA) is 24.9 Å². The number of nitrogens with one attached hydrogen (secondary N) is 1. The van der Waals surface area contributed by atoms with E-state index in [-0.39, 0.29) is 17.0 Å². The van der Waals surface area contributed by atoms with Gasteiger partial charge in [0.25, 0.3) is 0 Å². The van der Waals surface area contributed by atoms with Gasteiger partial charge in [-0.1, -0.05) is 15.9 Å². The number of nitrogens with zero attached hydrogens (tertiary/aromatic N) is 1. The lowest BCUT2D eigenvalue weighted by molar-refractivity contribution is 0.757. The van der Waals surface area contributed by atoms with Crippen LogP contribution < -0.4 is 5.32 Å². The van der Waals surface area contributed by atoms with Crippen LogP contribution in [0.1, 0.15) is 11.3 Å². The monoisotopic (exact) mass is 278 g/mol. The number of hydrogen-bond donors (Lipinski definition) is 1. The van der Waals surface area contributed by atoms with E-state index in [9.17, 15) is 0 Å². The van der Waals surface area contributed by atoms with E-state index in [0.717, 1.165) is 13.1 Å². The van der Waals surface area contributed by atoms with Gasteiger partial charge in [0.15, 0.2) is 0 Å². The minimum atomic E-state index is 0. The van der Waals surface area contributed by atoms with Gasteiger partial charge in [-0.3, -0.25) is 4.98 Å². The normalized spacial score (nSPS) is 13.9. The molecule has 1 aromatic rings. The van der Waals surface area contributed by atoms with Crippen molar-refractivity contribution in [2.75, 3.05) is 0 Å². The number of halogens is 2. The minimum Gasteiger partial charge on any atom is -0.307 e. The van der Waals surface area contributed by atoms with Crippen molar-refractivity contribution < 1.29 is 0 Å². The lowest BCUT2D eigenvalue weighted by Gasteiger charge is -1.96. The van der Waals surface area contributed by atoms with E-state index in [1.165, 1.54) is 15.7 Å². The summed E-state index contributed by atoms with van der Waals surface area (Å²) in [5, 5.41) is 3.24. The first-order valence-electron chi connectivity index (χ1n) is 3.21. The summed E-state index contributed by atoms with van der Waals surface area (Å²) in [6, 6.07) is 1.98. The largest absolute Gasteiger partial charge is 0.307 e. The molecule has 1 aliphatic rings. The lowest BCUT2D eigenvalue weighted by atomic mass is 10.2. The summed E-state index contributed by atoms with van der Waals surface area (Å²) in [4.78, 5) is 4.23. The molecule has 1 N–H and O–H groups in total. The summed E-state index contributed by atoms with van der Waals surface area (Å²) in [5.41, 5.74) is 2.48. The molecule has 11 heavy (non-hydrogen) atoms. The van der Waals surface area contributed by atoms with Gasteiger partial charge in [-0.25, -0.2) is 0 Å². The third kappa shape index (κ3) is 1.63. The fraction of sp³-hybridized carbons (Fsp3) is 0.286. The highest BCUT2D eigenvalue weighted by molar-refractivity contribution is 9.10. The molecule has 60 valence electrons. The third-order valence-electron chi connectivity index (χ3n) is 1.68. The predicted molar refractivity (Wildman–Crippen MR) is 52.8 cm³/mol.